The number of hydrogen-bond acceptors (Lipinski definition) is 3. The zero-order valence-electron chi connectivity index (χ0n) is 13.9. The fourth-order valence-electron chi connectivity index (χ4n) is 2.60. The van der Waals surface area contributed by atoms with Gasteiger partial charge >= 0.3 is 0 Å². The first kappa shape index (κ1) is 15.8. The molecule has 0 radical (unpaired) electrons. The van der Waals surface area contributed by atoms with Crippen molar-refractivity contribution in [3.8, 4) is 17.0 Å². The number of ether oxygens (including phenoxy) is 1. The molecule has 1 aromatic heterocycles. The third-order valence-corrected chi connectivity index (χ3v) is 3.77. The molecular formula is C19H19N3O2. The van der Waals surface area contributed by atoms with E-state index in [1.807, 2.05) is 62.5 Å². The molecule has 0 unspecified atom stereocenters. The van der Waals surface area contributed by atoms with Crippen LogP contribution in [0.15, 0.2) is 54.6 Å². The summed E-state index contributed by atoms with van der Waals surface area (Å²) in [6.45, 7) is 1.98. The molecule has 0 saturated heterocycles. The number of nitrogens with one attached hydrogen (secondary N) is 1. The van der Waals surface area contributed by atoms with Crippen molar-refractivity contribution in [3.63, 3.8) is 0 Å². The van der Waals surface area contributed by atoms with Gasteiger partial charge < -0.3 is 10.1 Å². The Bertz CT molecular complexity index is 884. The largest absolute Gasteiger partial charge is 0.496 e. The highest BCUT2D eigenvalue weighted by molar-refractivity contribution is 6.03. The lowest BCUT2D eigenvalue weighted by Crippen LogP contribution is -2.13. The molecule has 0 aliphatic rings. The van der Waals surface area contributed by atoms with Crippen LogP contribution in [-0.2, 0) is 7.05 Å². The zero-order chi connectivity index (χ0) is 17.1. The van der Waals surface area contributed by atoms with Crippen LogP contribution in [0, 0.1) is 6.92 Å². The van der Waals surface area contributed by atoms with Crippen molar-refractivity contribution >= 4 is 11.6 Å². The molecule has 122 valence electrons. The molecule has 0 fully saturated rings. The topological polar surface area (TPSA) is 56.1 Å². The molecule has 1 N–H and O–H groups in total. The van der Waals surface area contributed by atoms with Crippen molar-refractivity contribution in [1.29, 1.82) is 0 Å². The van der Waals surface area contributed by atoms with Gasteiger partial charge in [0.25, 0.3) is 5.91 Å². The average molecular weight is 321 g/mol. The van der Waals surface area contributed by atoms with Crippen LogP contribution in [0.2, 0.25) is 0 Å². The molecule has 1 amide bonds. The summed E-state index contributed by atoms with van der Waals surface area (Å²) in [7, 11) is 3.44. The quantitative estimate of drug-likeness (QED) is 0.798. The minimum absolute atomic E-state index is 0.239. The molecule has 5 nitrogen and oxygen atoms in total. The van der Waals surface area contributed by atoms with Crippen molar-refractivity contribution in [1.82, 2.24) is 9.78 Å². The van der Waals surface area contributed by atoms with E-state index >= 15 is 0 Å². The first-order valence-corrected chi connectivity index (χ1v) is 7.64. The molecule has 5 heteroatoms. The molecule has 3 rings (SSSR count). The average Bonchev–Trinajstić information content (AvgIpc) is 2.96. The van der Waals surface area contributed by atoms with E-state index in [0.29, 0.717) is 5.69 Å². The van der Waals surface area contributed by atoms with E-state index < -0.39 is 0 Å². The Morgan fingerprint density at radius 3 is 2.67 bits per heavy atom. The molecule has 0 aliphatic heterocycles. The molecule has 0 aliphatic carbocycles. The lowest BCUT2D eigenvalue weighted by molar-refractivity contribution is 0.102. The lowest BCUT2D eigenvalue weighted by Gasteiger charge is -2.07. The summed E-state index contributed by atoms with van der Waals surface area (Å²) < 4.78 is 7.08. The van der Waals surface area contributed by atoms with E-state index in [9.17, 15) is 4.79 Å². The predicted octanol–water partition coefficient (Wildman–Crippen LogP) is 3.66. The first-order valence-electron chi connectivity index (χ1n) is 7.64. The summed E-state index contributed by atoms with van der Waals surface area (Å²) in [5, 5.41) is 7.20. The number of aryl methyl sites for hydroxylation is 2. The minimum Gasteiger partial charge on any atom is -0.496 e. The SMILES string of the molecule is COc1ccccc1-c1cc(C(=O)Nc2cccc(C)c2)nn1C. The normalized spacial score (nSPS) is 10.5. The summed E-state index contributed by atoms with van der Waals surface area (Å²) in [6, 6.07) is 17.1. The third kappa shape index (κ3) is 3.15. The highest BCUT2D eigenvalue weighted by Crippen LogP contribution is 2.29. The number of anilines is 1. The number of para-hydroxylation sites is 1. The smallest absolute Gasteiger partial charge is 0.276 e. The fourth-order valence-corrected chi connectivity index (χ4v) is 2.60. The number of benzene rings is 2. The second kappa shape index (κ2) is 6.58. The van der Waals surface area contributed by atoms with Gasteiger partial charge in [-0.25, -0.2) is 0 Å². The summed E-state index contributed by atoms with van der Waals surface area (Å²) >= 11 is 0. The third-order valence-electron chi connectivity index (χ3n) is 3.77. The number of carbonyl (C=O) groups excluding carboxylic acids is 1. The maximum Gasteiger partial charge on any atom is 0.276 e. The molecule has 0 saturated carbocycles. The predicted molar refractivity (Wildman–Crippen MR) is 94.3 cm³/mol. The number of hydrogen-bond donors (Lipinski definition) is 1. The number of rotatable bonds is 4. The van der Waals surface area contributed by atoms with Crippen LogP contribution in [0.3, 0.4) is 0 Å². The van der Waals surface area contributed by atoms with Gasteiger partial charge in [-0.3, -0.25) is 9.48 Å². The van der Waals surface area contributed by atoms with Crippen molar-refractivity contribution in [2.24, 2.45) is 7.05 Å². The van der Waals surface area contributed by atoms with Crippen LogP contribution in [0.4, 0.5) is 5.69 Å². The van der Waals surface area contributed by atoms with E-state index in [1.165, 1.54) is 0 Å². The van der Waals surface area contributed by atoms with Crippen molar-refractivity contribution in [3.05, 3.63) is 65.9 Å². The maximum absolute atomic E-state index is 12.5. The van der Waals surface area contributed by atoms with E-state index in [0.717, 1.165) is 28.3 Å². The Labute approximate surface area is 140 Å². The molecule has 1 heterocycles. The summed E-state index contributed by atoms with van der Waals surface area (Å²) in [6.07, 6.45) is 0. The van der Waals surface area contributed by atoms with Gasteiger partial charge in [0.05, 0.1) is 12.8 Å². The van der Waals surface area contributed by atoms with Crippen LogP contribution >= 0.6 is 0 Å². The summed E-state index contributed by atoms with van der Waals surface area (Å²) in [5.74, 6) is 0.503. The number of methoxy groups -OCH3 is 1. The van der Waals surface area contributed by atoms with Crippen LogP contribution < -0.4 is 10.1 Å². The van der Waals surface area contributed by atoms with Crippen LogP contribution in [0.5, 0.6) is 5.75 Å². The zero-order valence-corrected chi connectivity index (χ0v) is 13.9. The van der Waals surface area contributed by atoms with Crippen LogP contribution in [-0.4, -0.2) is 22.8 Å². The van der Waals surface area contributed by atoms with Gasteiger partial charge in [-0.1, -0.05) is 24.3 Å². The van der Waals surface area contributed by atoms with Gasteiger partial charge in [0.2, 0.25) is 0 Å². The van der Waals surface area contributed by atoms with E-state index in [2.05, 4.69) is 10.4 Å². The minimum atomic E-state index is -0.239. The van der Waals surface area contributed by atoms with Gasteiger partial charge in [-0.2, -0.15) is 5.10 Å². The molecule has 24 heavy (non-hydrogen) atoms. The summed E-state index contributed by atoms with van der Waals surface area (Å²) in [4.78, 5) is 12.5. The van der Waals surface area contributed by atoms with Gasteiger partial charge in [-0.15, -0.1) is 0 Å². The number of carbonyl (C=O) groups is 1. The van der Waals surface area contributed by atoms with Crippen LogP contribution in [0.1, 0.15) is 16.1 Å². The second-order valence-electron chi connectivity index (χ2n) is 5.56. The standard InChI is InChI=1S/C19H19N3O2/c1-13-7-6-8-14(11-13)20-19(23)16-12-17(22(2)21-16)15-9-4-5-10-18(15)24-3/h4-12H,1-3H3,(H,20,23). The van der Waals surface area contributed by atoms with Crippen LogP contribution in [0.25, 0.3) is 11.3 Å². The van der Waals surface area contributed by atoms with E-state index in [-0.39, 0.29) is 5.91 Å². The van der Waals surface area contributed by atoms with Gasteiger partial charge in [0, 0.05) is 18.3 Å². The Morgan fingerprint density at radius 2 is 1.92 bits per heavy atom. The number of amides is 1. The number of aromatic nitrogens is 2. The molecule has 0 atom stereocenters. The van der Waals surface area contributed by atoms with Gasteiger partial charge in [0.1, 0.15) is 5.75 Å². The molecule has 0 bridgehead atoms. The number of nitrogens with zero attached hydrogens (tertiary/aromatic N) is 2. The van der Waals surface area contributed by atoms with E-state index in [1.54, 1.807) is 17.9 Å². The molecule has 2 aromatic carbocycles. The molecule has 0 spiro atoms. The van der Waals surface area contributed by atoms with Gasteiger partial charge in [-0.05, 0) is 42.8 Å². The fraction of sp³-hybridized carbons (Fsp3) is 0.158. The maximum atomic E-state index is 12.5. The highest BCUT2D eigenvalue weighted by atomic mass is 16.5. The lowest BCUT2D eigenvalue weighted by atomic mass is 10.1. The van der Waals surface area contributed by atoms with E-state index in [4.69, 9.17) is 4.74 Å². The molecule has 3 aromatic rings. The molecular weight excluding hydrogens is 302 g/mol. The Kier molecular flexibility index (Phi) is 4.33. The Morgan fingerprint density at radius 1 is 1.12 bits per heavy atom. The first-order chi connectivity index (χ1) is 11.6. The monoisotopic (exact) mass is 321 g/mol. The Balaban J connectivity index is 1.90. The van der Waals surface area contributed by atoms with Crippen molar-refractivity contribution in [2.75, 3.05) is 12.4 Å². The second-order valence-corrected chi connectivity index (χ2v) is 5.56. The Hall–Kier alpha value is -3.08. The van der Waals surface area contributed by atoms with Gasteiger partial charge in [0.15, 0.2) is 5.69 Å². The van der Waals surface area contributed by atoms with Crippen molar-refractivity contribution in [2.45, 2.75) is 6.92 Å². The summed E-state index contributed by atoms with van der Waals surface area (Å²) in [5.41, 5.74) is 3.92. The highest BCUT2D eigenvalue weighted by Gasteiger charge is 2.16. The van der Waals surface area contributed by atoms with Crippen molar-refractivity contribution < 1.29 is 9.53 Å².